The Labute approximate surface area is 151 Å². The number of imide groups is 1. The molecule has 0 atom stereocenters. The second-order valence-corrected chi connectivity index (χ2v) is 6.87. The molecule has 130 valence electrons. The molecule has 2 amide bonds. The van der Waals surface area contributed by atoms with Gasteiger partial charge in [0.15, 0.2) is 5.76 Å². The monoisotopic (exact) mass is 368 g/mol. The van der Waals surface area contributed by atoms with Gasteiger partial charge in [-0.25, -0.2) is 9.78 Å². The second-order valence-electron chi connectivity index (χ2n) is 5.58. The van der Waals surface area contributed by atoms with E-state index in [4.69, 9.17) is 9.25 Å². The zero-order valence-electron chi connectivity index (χ0n) is 13.6. The number of aryl methyl sites for hydroxylation is 1. The van der Waals surface area contributed by atoms with E-state index in [1.807, 2.05) is 6.92 Å². The first-order valence-electron chi connectivity index (χ1n) is 7.73. The SMILES string of the molecule is Cc1sc(CC(=O)ON2C(=O)c3ccccc3C2=O)nc1-c1ccco1. The number of hydroxylamine groups is 2. The number of aromatic nitrogens is 1. The molecule has 0 aliphatic carbocycles. The Hall–Kier alpha value is -3.26. The second kappa shape index (κ2) is 6.23. The number of amides is 2. The van der Waals surface area contributed by atoms with Crippen LogP contribution in [-0.4, -0.2) is 27.8 Å². The minimum absolute atomic E-state index is 0.153. The highest BCUT2D eigenvalue weighted by Gasteiger charge is 2.38. The molecule has 7 nitrogen and oxygen atoms in total. The first kappa shape index (κ1) is 16.2. The zero-order chi connectivity index (χ0) is 18.3. The van der Waals surface area contributed by atoms with Gasteiger partial charge in [0.25, 0.3) is 11.8 Å². The van der Waals surface area contributed by atoms with E-state index in [2.05, 4.69) is 4.98 Å². The molecule has 0 saturated carbocycles. The smallest absolute Gasteiger partial charge is 0.340 e. The Bertz CT molecular complexity index is 987. The molecule has 3 heterocycles. The fourth-order valence-corrected chi connectivity index (χ4v) is 3.60. The fourth-order valence-electron chi connectivity index (χ4n) is 2.68. The zero-order valence-corrected chi connectivity index (χ0v) is 14.4. The van der Waals surface area contributed by atoms with E-state index in [1.165, 1.54) is 23.5 Å². The molecule has 8 heteroatoms. The molecule has 2 aromatic heterocycles. The summed E-state index contributed by atoms with van der Waals surface area (Å²) in [4.78, 5) is 46.9. The molecule has 4 rings (SSSR count). The minimum atomic E-state index is -0.737. The summed E-state index contributed by atoms with van der Waals surface area (Å²) >= 11 is 1.33. The maximum atomic E-state index is 12.2. The molecule has 0 spiro atoms. The van der Waals surface area contributed by atoms with Gasteiger partial charge in [-0.3, -0.25) is 9.59 Å². The Morgan fingerprint density at radius 3 is 2.46 bits per heavy atom. The number of nitrogens with zero attached hydrogens (tertiary/aromatic N) is 2. The van der Waals surface area contributed by atoms with Crippen LogP contribution >= 0.6 is 11.3 Å². The number of furan rings is 1. The van der Waals surface area contributed by atoms with Crippen molar-refractivity contribution in [2.24, 2.45) is 0 Å². The van der Waals surface area contributed by atoms with Crippen LogP contribution < -0.4 is 0 Å². The van der Waals surface area contributed by atoms with Crippen molar-refractivity contribution in [1.29, 1.82) is 0 Å². The summed E-state index contributed by atoms with van der Waals surface area (Å²) in [5.41, 5.74) is 1.09. The number of hydrogen-bond donors (Lipinski definition) is 0. The molecule has 0 radical (unpaired) electrons. The highest BCUT2D eigenvalue weighted by Crippen LogP contribution is 2.28. The fraction of sp³-hybridized carbons (Fsp3) is 0.111. The molecule has 3 aromatic rings. The predicted octanol–water partition coefficient (Wildman–Crippen LogP) is 3.01. The first-order chi connectivity index (χ1) is 12.5. The molecule has 0 bridgehead atoms. The summed E-state index contributed by atoms with van der Waals surface area (Å²) in [5, 5.41) is 1.01. The summed E-state index contributed by atoms with van der Waals surface area (Å²) in [6.07, 6.45) is 1.39. The van der Waals surface area contributed by atoms with Crippen molar-refractivity contribution in [1.82, 2.24) is 10.0 Å². The van der Waals surface area contributed by atoms with E-state index in [0.717, 1.165) is 4.88 Å². The van der Waals surface area contributed by atoms with Gasteiger partial charge in [0, 0.05) is 4.88 Å². The number of benzene rings is 1. The topological polar surface area (TPSA) is 89.7 Å². The van der Waals surface area contributed by atoms with Crippen LogP contribution in [0.1, 0.15) is 30.6 Å². The number of rotatable bonds is 4. The quantitative estimate of drug-likeness (QED) is 0.658. The van der Waals surface area contributed by atoms with Gasteiger partial charge in [0.05, 0.1) is 17.4 Å². The summed E-state index contributed by atoms with van der Waals surface area (Å²) in [5.74, 6) is -1.42. The van der Waals surface area contributed by atoms with Crippen molar-refractivity contribution in [3.8, 4) is 11.5 Å². The van der Waals surface area contributed by atoms with Crippen LogP contribution in [0.3, 0.4) is 0 Å². The molecule has 0 fully saturated rings. The highest BCUT2D eigenvalue weighted by molar-refractivity contribution is 7.12. The van der Waals surface area contributed by atoms with Gasteiger partial charge in [-0.05, 0) is 31.2 Å². The van der Waals surface area contributed by atoms with Crippen LogP contribution in [0.2, 0.25) is 0 Å². The Morgan fingerprint density at radius 2 is 1.85 bits per heavy atom. The number of carbonyl (C=O) groups excluding carboxylic acids is 3. The third kappa shape index (κ3) is 2.70. The summed E-state index contributed by atoms with van der Waals surface area (Å²) < 4.78 is 5.32. The van der Waals surface area contributed by atoms with Gasteiger partial charge in [-0.1, -0.05) is 17.2 Å². The lowest BCUT2D eigenvalue weighted by atomic mass is 10.1. The van der Waals surface area contributed by atoms with Gasteiger partial charge < -0.3 is 9.25 Å². The van der Waals surface area contributed by atoms with Crippen LogP contribution in [0.4, 0.5) is 0 Å². The van der Waals surface area contributed by atoms with E-state index in [-0.39, 0.29) is 17.5 Å². The lowest BCUT2D eigenvalue weighted by Gasteiger charge is -2.11. The molecule has 1 aromatic carbocycles. The minimum Gasteiger partial charge on any atom is -0.463 e. The summed E-state index contributed by atoms with van der Waals surface area (Å²) in [6, 6.07) is 9.85. The van der Waals surface area contributed by atoms with E-state index in [9.17, 15) is 14.4 Å². The number of carbonyl (C=O) groups is 3. The van der Waals surface area contributed by atoms with E-state index < -0.39 is 17.8 Å². The van der Waals surface area contributed by atoms with Crippen molar-refractivity contribution < 1.29 is 23.6 Å². The van der Waals surface area contributed by atoms with Crippen molar-refractivity contribution in [3.63, 3.8) is 0 Å². The predicted molar refractivity (Wildman–Crippen MR) is 91.3 cm³/mol. The Balaban J connectivity index is 1.48. The number of hydrogen-bond acceptors (Lipinski definition) is 7. The molecule has 1 aliphatic heterocycles. The molecule has 0 N–H and O–H groups in total. The number of fused-ring (bicyclic) bond motifs is 1. The molecule has 1 aliphatic rings. The molecule has 26 heavy (non-hydrogen) atoms. The van der Waals surface area contributed by atoms with Gasteiger partial charge in [0.2, 0.25) is 0 Å². The van der Waals surface area contributed by atoms with Gasteiger partial charge in [-0.2, -0.15) is 0 Å². The molecular formula is C18H12N2O5S. The Morgan fingerprint density at radius 1 is 1.15 bits per heavy atom. The first-order valence-corrected chi connectivity index (χ1v) is 8.55. The van der Waals surface area contributed by atoms with E-state index in [1.54, 1.807) is 30.5 Å². The van der Waals surface area contributed by atoms with Crippen molar-refractivity contribution in [3.05, 3.63) is 63.7 Å². The standard InChI is InChI=1S/C18H12N2O5S/c1-10-16(13-7-4-8-24-13)19-14(26-10)9-15(21)25-20-17(22)11-5-2-3-6-12(11)18(20)23/h2-8H,9H2,1H3. The van der Waals surface area contributed by atoms with Gasteiger partial charge >= 0.3 is 5.97 Å². The van der Waals surface area contributed by atoms with Crippen LogP contribution in [0.25, 0.3) is 11.5 Å². The molecule has 0 unspecified atom stereocenters. The maximum absolute atomic E-state index is 12.2. The van der Waals surface area contributed by atoms with Crippen molar-refractivity contribution in [2.75, 3.05) is 0 Å². The van der Waals surface area contributed by atoms with Crippen molar-refractivity contribution in [2.45, 2.75) is 13.3 Å². The van der Waals surface area contributed by atoms with E-state index >= 15 is 0 Å². The van der Waals surface area contributed by atoms with Crippen LogP contribution in [0.5, 0.6) is 0 Å². The number of thiazole rings is 1. The third-order valence-corrected chi connectivity index (χ3v) is 4.81. The van der Waals surface area contributed by atoms with Gasteiger partial charge in [-0.15, -0.1) is 11.3 Å². The maximum Gasteiger partial charge on any atom is 0.340 e. The van der Waals surface area contributed by atoms with Gasteiger partial charge in [0.1, 0.15) is 17.1 Å². The lowest BCUT2D eigenvalue weighted by molar-refractivity contribution is -0.167. The highest BCUT2D eigenvalue weighted by atomic mass is 32.1. The largest absolute Gasteiger partial charge is 0.463 e. The molecular weight excluding hydrogens is 356 g/mol. The lowest BCUT2D eigenvalue weighted by Crippen LogP contribution is -2.33. The van der Waals surface area contributed by atoms with Crippen molar-refractivity contribution >= 4 is 29.1 Å². The van der Waals surface area contributed by atoms with E-state index in [0.29, 0.717) is 21.5 Å². The van der Waals surface area contributed by atoms with Crippen LogP contribution in [0, 0.1) is 6.92 Å². The summed E-state index contributed by atoms with van der Waals surface area (Å²) in [7, 11) is 0. The summed E-state index contributed by atoms with van der Waals surface area (Å²) in [6.45, 7) is 1.87. The molecule has 0 saturated heterocycles. The third-order valence-electron chi connectivity index (χ3n) is 3.84. The average molecular weight is 368 g/mol. The van der Waals surface area contributed by atoms with Crippen LogP contribution in [-0.2, 0) is 16.1 Å². The Kier molecular flexibility index (Phi) is 3.89. The normalized spacial score (nSPS) is 13.2. The average Bonchev–Trinajstić information content (AvgIpc) is 3.32. The van der Waals surface area contributed by atoms with Crippen LogP contribution in [0.15, 0.2) is 47.1 Å².